The molecule has 0 spiro atoms. The van der Waals surface area contributed by atoms with E-state index >= 15 is 0 Å². The van der Waals surface area contributed by atoms with E-state index in [9.17, 15) is 0 Å². The highest BCUT2D eigenvalue weighted by atomic mass is 16.5. The third-order valence-corrected chi connectivity index (χ3v) is 10.0. The molecule has 51 heavy (non-hydrogen) atoms. The van der Waals surface area contributed by atoms with Crippen molar-refractivity contribution in [1.29, 1.82) is 0 Å². The number of rotatable bonds is 4. The Kier molecular flexibility index (Phi) is 5.92. The van der Waals surface area contributed by atoms with Crippen LogP contribution in [0.3, 0.4) is 0 Å². The summed E-state index contributed by atoms with van der Waals surface area (Å²) in [7, 11) is 0. The van der Waals surface area contributed by atoms with Gasteiger partial charge in [0.25, 0.3) is 0 Å². The molecule has 11 rings (SSSR count). The normalized spacial score (nSPS) is 12.7. The minimum Gasteiger partial charge on any atom is -0.453 e. The van der Waals surface area contributed by atoms with Crippen molar-refractivity contribution in [3.63, 3.8) is 0 Å². The molecule has 0 aliphatic carbocycles. The molecule has 0 atom stereocenters. The van der Waals surface area contributed by atoms with E-state index in [-0.39, 0.29) is 0 Å². The van der Waals surface area contributed by atoms with E-state index < -0.39 is 0 Å². The molecule has 6 heteroatoms. The fraction of sp³-hybridized carbons (Fsp3) is 0.0222. The van der Waals surface area contributed by atoms with Crippen molar-refractivity contribution in [3.8, 4) is 45.8 Å². The number of para-hydroxylation sites is 2. The fourth-order valence-corrected chi connectivity index (χ4v) is 7.55. The van der Waals surface area contributed by atoms with Gasteiger partial charge in [-0.25, -0.2) is 9.67 Å². The van der Waals surface area contributed by atoms with Gasteiger partial charge in [0.05, 0.1) is 17.9 Å². The lowest BCUT2D eigenvalue weighted by molar-refractivity contribution is 0.441. The van der Waals surface area contributed by atoms with Gasteiger partial charge in [0, 0.05) is 16.7 Å². The third-order valence-electron chi connectivity index (χ3n) is 10.0. The molecule has 0 saturated heterocycles. The van der Waals surface area contributed by atoms with E-state index in [2.05, 4.69) is 144 Å². The van der Waals surface area contributed by atoms with E-state index in [0.717, 1.165) is 84.1 Å². The van der Waals surface area contributed by atoms with Gasteiger partial charge in [0.2, 0.25) is 0 Å². The number of hydrogen-bond donors (Lipinski definition) is 0. The molecule has 6 nitrogen and oxygen atoms in total. The lowest BCUT2D eigenvalue weighted by Gasteiger charge is -2.38. The molecule has 2 aliphatic heterocycles. The molecular weight excluding hydrogens is 629 g/mol. The van der Waals surface area contributed by atoms with Crippen LogP contribution in [0.5, 0.6) is 23.0 Å². The summed E-state index contributed by atoms with van der Waals surface area (Å²) in [6.45, 7) is 0.454. The number of benzene rings is 8. The molecule has 0 N–H and O–H groups in total. The lowest BCUT2D eigenvalue weighted by atomic mass is 10.0. The second-order valence-electron chi connectivity index (χ2n) is 13.1. The van der Waals surface area contributed by atoms with Crippen molar-refractivity contribution >= 4 is 49.4 Å². The molecule has 8 aromatic carbocycles. The molecular formula is C45H28N4O2. The van der Waals surface area contributed by atoms with Gasteiger partial charge in [-0.3, -0.25) is 4.90 Å². The van der Waals surface area contributed by atoms with Crippen LogP contribution in [-0.2, 0) is 6.54 Å². The van der Waals surface area contributed by atoms with Crippen LogP contribution in [0.15, 0.2) is 158 Å². The van der Waals surface area contributed by atoms with Crippen molar-refractivity contribution in [2.45, 2.75) is 6.54 Å². The van der Waals surface area contributed by atoms with Crippen molar-refractivity contribution in [2.24, 2.45) is 0 Å². The number of fused-ring (bicyclic) bond motifs is 7. The van der Waals surface area contributed by atoms with Crippen LogP contribution in [0.2, 0.25) is 0 Å². The van der Waals surface area contributed by atoms with E-state index in [4.69, 9.17) is 19.6 Å². The predicted octanol–water partition coefficient (Wildman–Crippen LogP) is 11.8. The molecule has 0 fully saturated rings. The Morgan fingerprint density at radius 2 is 1.08 bits per heavy atom. The maximum absolute atomic E-state index is 6.79. The van der Waals surface area contributed by atoms with Crippen molar-refractivity contribution in [3.05, 3.63) is 163 Å². The van der Waals surface area contributed by atoms with E-state index in [1.54, 1.807) is 0 Å². The highest BCUT2D eigenvalue weighted by Crippen LogP contribution is 2.60. The Balaban J connectivity index is 1.07. The summed E-state index contributed by atoms with van der Waals surface area (Å²) in [4.78, 5) is 7.49. The second-order valence-corrected chi connectivity index (χ2v) is 13.1. The van der Waals surface area contributed by atoms with Crippen LogP contribution in [0.1, 0.15) is 5.56 Å². The summed E-state index contributed by atoms with van der Waals surface area (Å²) >= 11 is 0. The number of anilines is 3. The number of ether oxygens (including phenoxy) is 2. The van der Waals surface area contributed by atoms with Crippen LogP contribution >= 0.6 is 0 Å². The van der Waals surface area contributed by atoms with Gasteiger partial charge in [-0.2, -0.15) is 5.10 Å². The molecule has 0 radical (unpaired) electrons. The first-order valence-electron chi connectivity index (χ1n) is 17.1. The topological polar surface area (TPSA) is 52.4 Å². The zero-order valence-corrected chi connectivity index (χ0v) is 27.3. The Bertz CT molecular complexity index is 2870. The van der Waals surface area contributed by atoms with Crippen LogP contribution in [-0.4, -0.2) is 14.8 Å². The summed E-state index contributed by atoms with van der Waals surface area (Å²) in [6.07, 6.45) is 0. The summed E-state index contributed by atoms with van der Waals surface area (Å²) in [5, 5.41) is 12.1. The summed E-state index contributed by atoms with van der Waals surface area (Å²) < 4.78 is 15.3. The monoisotopic (exact) mass is 656 g/mol. The van der Waals surface area contributed by atoms with Gasteiger partial charge in [-0.1, -0.05) is 115 Å². The van der Waals surface area contributed by atoms with Crippen molar-refractivity contribution in [1.82, 2.24) is 14.8 Å². The van der Waals surface area contributed by atoms with E-state index in [0.29, 0.717) is 12.4 Å². The molecule has 240 valence electrons. The molecule has 0 bridgehead atoms. The minimum atomic E-state index is 0.454. The molecule has 2 aliphatic rings. The zero-order chi connectivity index (χ0) is 33.5. The van der Waals surface area contributed by atoms with E-state index in [1.165, 1.54) is 10.8 Å². The predicted molar refractivity (Wildman–Crippen MR) is 204 cm³/mol. The van der Waals surface area contributed by atoms with Gasteiger partial charge in [0.15, 0.2) is 34.6 Å². The molecule has 1 aromatic heterocycles. The Labute approximate surface area is 293 Å². The highest BCUT2D eigenvalue weighted by molar-refractivity contribution is 5.99. The van der Waals surface area contributed by atoms with Gasteiger partial charge >= 0.3 is 0 Å². The Hall–Kier alpha value is -6.92. The van der Waals surface area contributed by atoms with Crippen molar-refractivity contribution < 1.29 is 9.47 Å². The van der Waals surface area contributed by atoms with E-state index in [1.807, 2.05) is 22.9 Å². The standard InChI is InChI=1S/C45H28N4O2/c1-3-11-30-23-34(21-19-28(30)9-1)44-46-45(35-22-20-29-10-2-4-12-31(29)24-35)48(47-44)27-36-15-7-16-37-43(36)51-40-18-8-17-39-42(40)49(37)38-25-32-13-5-6-14-33(32)26-41(38)50-39/h1-26H,27H2. The number of nitrogens with zero attached hydrogens (tertiary/aromatic N) is 4. The highest BCUT2D eigenvalue weighted by Gasteiger charge is 2.36. The molecule has 0 unspecified atom stereocenters. The molecule has 9 aromatic rings. The summed E-state index contributed by atoms with van der Waals surface area (Å²) in [5.74, 6) is 4.58. The summed E-state index contributed by atoms with van der Waals surface area (Å²) in [5.41, 5.74) is 5.80. The van der Waals surface area contributed by atoms with Crippen LogP contribution in [0.4, 0.5) is 17.1 Å². The lowest BCUT2D eigenvalue weighted by Crippen LogP contribution is -2.21. The quantitative estimate of drug-likeness (QED) is 0.189. The smallest absolute Gasteiger partial charge is 0.181 e. The first-order valence-corrected chi connectivity index (χ1v) is 17.1. The summed E-state index contributed by atoms with van der Waals surface area (Å²) in [6, 6.07) is 54.7. The Morgan fingerprint density at radius 1 is 0.471 bits per heavy atom. The van der Waals surface area contributed by atoms with Crippen LogP contribution in [0, 0.1) is 0 Å². The molecule has 0 saturated carbocycles. The third kappa shape index (κ3) is 4.43. The average Bonchev–Trinajstić information content (AvgIpc) is 3.60. The number of hydrogen-bond acceptors (Lipinski definition) is 5. The largest absolute Gasteiger partial charge is 0.453 e. The van der Waals surface area contributed by atoms with Crippen molar-refractivity contribution in [2.75, 3.05) is 4.90 Å². The van der Waals surface area contributed by atoms with Gasteiger partial charge in [0.1, 0.15) is 5.69 Å². The van der Waals surface area contributed by atoms with Gasteiger partial charge in [-0.05, 0) is 74.8 Å². The maximum atomic E-state index is 6.79. The zero-order valence-electron chi connectivity index (χ0n) is 27.3. The van der Waals surface area contributed by atoms with Crippen LogP contribution in [0.25, 0.3) is 55.1 Å². The molecule has 0 amide bonds. The SMILES string of the molecule is c1cc2c3c(c1)Oc1c(Cn4nc(-c5ccc6ccccc6c5)nc4-c4ccc5ccccc5c4)cccc1N3c1cc3ccccc3cc1O2. The maximum Gasteiger partial charge on any atom is 0.181 e. The van der Waals surface area contributed by atoms with Crippen LogP contribution < -0.4 is 14.4 Å². The first-order chi connectivity index (χ1) is 25.2. The second kappa shape index (κ2) is 10.8. The van der Waals surface area contributed by atoms with Gasteiger partial charge < -0.3 is 9.47 Å². The average molecular weight is 657 g/mol. The minimum absolute atomic E-state index is 0.454. The van der Waals surface area contributed by atoms with Gasteiger partial charge in [-0.15, -0.1) is 0 Å². The number of aromatic nitrogens is 3. The first kappa shape index (κ1) is 28.0. The molecule has 3 heterocycles. The Morgan fingerprint density at radius 3 is 1.82 bits per heavy atom. The fourth-order valence-electron chi connectivity index (χ4n) is 7.55.